The third-order valence-electron chi connectivity index (χ3n) is 6.17. The van der Waals surface area contributed by atoms with E-state index in [9.17, 15) is 18.4 Å². The van der Waals surface area contributed by atoms with Crippen molar-refractivity contribution >= 4 is 33.4 Å². The van der Waals surface area contributed by atoms with Gasteiger partial charge in [0.05, 0.1) is 13.1 Å². The minimum atomic E-state index is -1.26. The van der Waals surface area contributed by atoms with Gasteiger partial charge in [-0.05, 0) is 48.2 Å². The van der Waals surface area contributed by atoms with Gasteiger partial charge in [0.25, 0.3) is 5.91 Å². The Balaban J connectivity index is 1.51. The van der Waals surface area contributed by atoms with Crippen LogP contribution in [0, 0.1) is 11.6 Å². The summed E-state index contributed by atoms with van der Waals surface area (Å²) >= 11 is 1.51. The van der Waals surface area contributed by atoms with Crippen molar-refractivity contribution in [2.24, 2.45) is 0 Å². The molecule has 33 heavy (non-hydrogen) atoms. The van der Waals surface area contributed by atoms with Gasteiger partial charge in [0, 0.05) is 17.5 Å². The molecule has 1 aliphatic heterocycles. The van der Waals surface area contributed by atoms with Crippen molar-refractivity contribution in [3.05, 3.63) is 94.5 Å². The first kappa shape index (κ1) is 21.3. The number of carbonyl (C=O) groups is 2. The minimum absolute atomic E-state index is 0.0369. The van der Waals surface area contributed by atoms with Gasteiger partial charge in [-0.2, -0.15) is 0 Å². The van der Waals surface area contributed by atoms with Gasteiger partial charge in [0.1, 0.15) is 27.7 Å². The van der Waals surface area contributed by atoms with Gasteiger partial charge >= 0.3 is 0 Å². The van der Waals surface area contributed by atoms with Crippen LogP contribution in [0.1, 0.15) is 28.5 Å². The lowest BCUT2D eigenvalue weighted by Gasteiger charge is -2.44. The maximum Gasteiger partial charge on any atom is 0.271 e. The zero-order valence-electron chi connectivity index (χ0n) is 17.8. The smallest absolute Gasteiger partial charge is 0.271 e. The second-order valence-corrected chi connectivity index (χ2v) is 9.26. The van der Waals surface area contributed by atoms with Crippen LogP contribution >= 0.6 is 11.3 Å². The Morgan fingerprint density at radius 3 is 2.64 bits per heavy atom. The zero-order valence-corrected chi connectivity index (χ0v) is 18.7. The molecule has 1 N–H and O–H groups in total. The molecule has 5 nitrogen and oxygen atoms in total. The summed E-state index contributed by atoms with van der Waals surface area (Å²) in [5, 5.41) is 5.77. The number of hydrogen-bond acceptors (Lipinski definition) is 3. The summed E-state index contributed by atoms with van der Waals surface area (Å²) in [6.45, 7) is 2.09. The summed E-state index contributed by atoms with van der Waals surface area (Å²) in [6.07, 6.45) is 0. The molecule has 0 bridgehead atoms. The monoisotopic (exact) mass is 465 g/mol. The number of thiophene rings is 1. The van der Waals surface area contributed by atoms with Crippen LogP contribution in [-0.2, 0) is 24.4 Å². The molecule has 3 heterocycles. The summed E-state index contributed by atoms with van der Waals surface area (Å²) in [4.78, 5) is 29.5. The summed E-state index contributed by atoms with van der Waals surface area (Å²) in [5.41, 5.74) is 0.295. The maximum absolute atomic E-state index is 14.5. The Hall–Kier alpha value is -3.52. The van der Waals surface area contributed by atoms with E-state index < -0.39 is 11.4 Å². The van der Waals surface area contributed by atoms with Crippen LogP contribution in [0.4, 0.5) is 8.78 Å². The highest BCUT2D eigenvalue weighted by Gasteiger charge is 2.48. The Kier molecular flexibility index (Phi) is 5.25. The lowest BCUT2D eigenvalue weighted by Crippen LogP contribution is -2.63. The van der Waals surface area contributed by atoms with Gasteiger partial charge in [0.2, 0.25) is 5.91 Å². The van der Waals surface area contributed by atoms with E-state index in [1.54, 1.807) is 37.3 Å². The predicted octanol–water partition coefficient (Wildman–Crippen LogP) is 4.71. The average molecular weight is 466 g/mol. The maximum atomic E-state index is 14.5. The number of nitrogens with zero attached hydrogens (tertiary/aromatic N) is 2. The van der Waals surface area contributed by atoms with Gasteiger partial charge in [-0.25, -0.2) is 8.78 Å². The number of amides is 2. The lowest BCUT2D eigenvalue weighted by atomic mass is 9.93. The normalized spacial score (nSPS) is 17.9. The van der Waals surface area contributed by atoms with E-state index in [4.69, 9.17) is 0 Å². The third-order valence-corrected chi connectivity index (χ3v) is 7.12. The lowest BCUT2D eigenvalue weighted by molar-refractivity contribution is -0.133. The van der Waals surface area contributed by atoms with Crippen LogP contribution in [0.5, 0.6) is 0 Å². The number of halogens is 2. The fraction of sp³-hybridized carbons (Fsp3) is 0.200. The van der Waals surface area contributed by atoms with E-state index >= 15 is 0 Å². The molecular weight excluding hydrogens is 444 g/mol. The van der Waals surface area contributed by atoms with Crippen molar-refractivity contribution < 1.29 is 18.4 Å². The molecule has 0 saturated carbocycles. The highest BCUT2D eigenvalue weighted by atomic mass is 32.1. The van der Waals surface area contributed by atoms with Crippen molar-refractivity contribution in [2.45, 2.75) is 32.1 Å². The van der Waals surface area contributed by atoms with Crippen LogP contribution in [0.3, 0.4) is 0 Å². The Morgan fingerprint density at radius 1 is 1.12 bits per heavy atom. The molecule has 0 aliphatic carbocycles. The van der Waals surface area contributed by atoms with Gasteiger partial charge in [-0.15, -0.1) is 11.3 Å². The Bertz CT molecular complexity index is 1360. The Labute approximate surface area is 193 Å². The fourth-order valence-electron chi connectivity index (χ4n) is 4.28. The third kappa shape index (κ3) is 3.70. The number of rotatable bonds is 5. The Morgan fingerprint density at radius 2 is 1.88 bits per heavy atom. The largest absolute Gasteiger partial charge is 0.350 e. The highest BCUT2D eigenvalue weighted by molar-refractivity contribution is 7.16. The SMILES string of the molecule is C[C@@]1(C(=O)NCc2ccc(F)cc2)Cn2c(cc3ccsc32)C(=O)N1Cc1ccccc1F. The van der Waals surface area contributed by atoms with Crippen molar-refractivity contribution in [2.75, 3.05) is 0 Å². The first-order valence-electron chi connectivity index (χ1n) is 10.5. The summed E-state index contributed by atoms with van der Waals surface area (Å²) < 4.78 is 29.6. The minimum Gasteiger partial charge on any atom is -0.350 e. The van der Waals surface area contributed by atoms with Crippen molar-refractivity contribution in [3.63, 3.8) is 0 Å². The van der Waals surface area contributed by atoms with E-state index in [1.165, 1.54) is 34.4 Å². The number of nitrogens with one attached hydrogen (secondary N) is 1. The van der Waals surface area contributed by atoms with Gasteiger partial charge in [-0.3, -0.25) is 9.59 Å². The van der Waals surface area contributed by atoms with Crippen LogP contribution < -0.4 is 5.32 Å². The highest BCUT2D eigenvalue weighted by Crippen LogP contribution is 2.35. The molecule has 0 fully saturated rings. The van der Waals surface area contributed by atoms with E-state index in [0.29, 0.717) is 11.3 Å². The molecule has 5 rings (SSSR count). The number of hydrogen-bond donors (Lipinski definition) is 1. The van der Waals surface area contributed by atoms with Crippen LogP contribution in [0.2, 0.25) is 0 Å². The first-order chi connectivity index (χ1) is 15.9. The molecule has 0 saturated heterocycles. The summed E-state index contributed by atoms with van der Waals surface area (Å²) in [7, 11) is 0. The van der Waals surface area contributed by atoms with E-state index in [2.05, 4.69) is 5.32 Å². The van der Waals surface area contributed by atoms with E-state index in [-0.39, 0.29) is 37.3 Å². The second-order valence-electron chi connectivity index (χ2n) is 8.36. The fourth-order valence-corrected chi connectivity index (χ4v) is 5.17. The predicted molar refractivity (Wildman–Crippen MR) is 123 cm³/mol. The molecular formula is C25H21F2N3O2S. The number of fused-ring (bicyclic) bond motifs is 3. The topological polar surface area (TPSA) is 54.3 Å². The standard InChI is InChI=1S/C25H21F2N3O2S/c1-25(24(32)28-13-16-6-8-19(26)9-7-16)15-29-21(12-17-10-11-33-23(17)29)22(31)30(25)14-18-4-2-3-5-20(18)27/h2-12H,13-15H2,1H3,(H,28,32)/t25-/m0/s1. The first-order valence-corrected chi connectivity index (χ1v) is 11.4. The molecule has 0 spiro atoms. The molecule has 0 unspecified atom stereocenters. The van der Waals surface area contributed by atoms with Crippen molar-refractivity contribution in [3.8, 4) is 0 Å². The summed E-state index contributed by atoms with van der Waals surface area (Å²) in [5.74, 6) is -1.47. The van der Waals surface area contributed by atoms with Crippen molar-refractivity contribution in [1.29, 1.82) is 0 Å². The number of benzene rings is 2. The second kappa shape index (κ2) is 8.12. The van der Waals surface area contributed by atoms with E-state index in [1.807, 2.05) is 22.1 Å². The molecule has 2 amide bonds. The van der Waals surface area contributed by atoms with Gasteiger partial charge < -0.3 is 14.8 Å². The van der Waals surface area contributed by atoms with Crippen LogP contribution in [0.25, 0.3) is 10.2 Å². The van der Waals surface area contributed by atoms with Gasteiger partial charge in [-0.1, -0.05) is 30.3 Å². The molecule has 0 radical (unpaired) electrons. The zero-order chi connectivity index (χ0) is 23.2. The molecule has 1 aliphatic rings. The van der Waals surface area contributed by atoms with E-state index in [0.717, 1.165) is 15.8 Å². The molecule has 8 heteroatoms. The van der Waals surface area contributed by atoms with Crippen LogP contribution in [0.15, 0.2) is 66.0 Å². The van der Waals surface area contributed by atoms with Gasteiger partial charge in [0.15, 0.2) is 0 Å². The molecule has 2 aromatic carbocycles. The average Bonchev–Trinajstić information content (AvgIpc) is 3.40. The number of carbonyl (C=O) groups excluding carboxylic acids is 2. The molecule has 168 valence electrons. The number of aromatic nitrogens is 1. The van der Waals surface area contributed by atoms with Crippen LogP contribution in [-0.4, -0.2) is 26.8 Å². The quantitative estimate of drug-likeness (QED) is 0.464. The summed E-state index contributed by atoms with van der Waals surface area (Å²) in [6, 6.07) is 15.9. The molecule has 1 atom stereocenters. The molecule has 4 aromatic rings. The molecule has 2 aromatic heterocycles. The van der Waals surface area contributed by atoms with Crippen molar-refractivity contribution in [1.82, 2.24) is 14.8 Å².